The number of fused-ring (bicyclic) bond motifs is 1. The Balaban J connectivity index is 1.77. The average Bonchev–Trinajstić information content (AvgIpc) is 2.84. The summed E-state index contributed by atoms with van der Waals surface area (Å²) in [5.41, 5.74) is 2.67. The standard InChI is InChI=1S/C28H32N2O5/c1-28(2,3)35-25(31)13-9-14-33-24-17-21(23-12-8-15-34-26(23)27(24)32-4)16-20(18-29)19-30-22-10-6-5-7-11-22/h5-8,10-12,17,19,30H,9,13-16H2,1-4H3. The minimum absolute atomic E-state index is 0.253. The Morgan fingerprint density at radius 1 is 1.26 bits per heavy atom. The number of nitrogens with zero attached hydrogens (tertiary/aromatic N) is 1. The predicted molar refractivity (Wildman–Crippen MR) is 136 cm³/mol. The molecule has 0 radical (unpaired) electrons. The van der Waals surface area contributed by atoms with Crippen LogP contribution in [0.5, 0.6) is 17.2 Å². The van der Waals surface area contributed by atoms with Crippen LogP contribution in [0, 0.1) is 11.3 Å². The molecule has 1 aliphatic heterocycles. The van der Waals surface area contributed by atoms with Gasteiger partial charge in [0, 0.05) is 35.9 Å². The van der Waals surface area contributed by atoms with E-state index in [0.717, 1.165) is 16.8 Å². The topological polar surface area (TPSA) is 89.8 Å². The molecule has 0 saturated heterocycles. The number of carbonyl (C=O) groups excluding carboxylic acids is 1. The van der Waals surface area contributed by atoms with Crippen molar-refractivity contribution in [2.24, 2.45) is 0 Å². The van der Waals surface area contributed by atoms with Crippen LogP contribution in [0.2, 0.25) is 0 Å². The van der Waals surface area contributed by atoms with Crippen LogP contribution < -0.4 is 19.5 Å². The molecule has 0 saturated carbocycles. The van der Waals surface area contributed by atoms with Gasteiger partial charge in [0.2, 0.25) is 5.75 Å². The lowest BCUT2D eigenvalue weighted by Crippen LogP contribution is -2.24. The molecular weight excluding hydrogens is 444 g/mol. The molecule has 2 aromatic rings. The van der Waals surface area contributed by atoms with Gasteiger partial charge < -0.3 is 24.3 Å². The maximum atomic E-state index is 12.0. The van der Waals surface area contributed by atoms with Crippen molar-refractivity contribution in [3.8, 4) is 23.3 Å². The fourth-order valence-electron chi connectivity index (χ4n) is 3.58. The number of nitrogens with one attached hydrogen (secondary N) is 1. The largest absolute Gasteiger partial charge is 0.490 e. The average molecular weight is 477 g/mol. The van der Waals surface area contributed by atoms with Crippen LogP contribution in [-0.4, -0.2) is 31.9 Å². The molecule has 0 spiro atoms. The highest BCUT2D eigenvalue weighted by Gasteiger charge is 2.23. The molecule has 0 bridgehead atoms. The molecule has 1 heterocycles. The second-order valence-corrected chi connectivity index (χ2v) is 9.03. The Bertz CT molecular complexity index is 1120. The number of carbonyl (C=O) groups is 1. The first-order valence-corrected chi connectivity index (χ1v) is 11.6. The molecule has 0 unspecified atom stereocenters. The van der Waals surface area contributed by atoms with Gasteiger partial charge in [-0.15, -0.1) is 0 Å². The number of rotatable bonds is 10. The fourth-order valence-corrected chi connectivity index (χ4v) is 3.58. The van der Waals surface area contributed by atoms with E-state index in [-0.39, 0.29) is 12.4 Å². The van der Waals surface area contributed by atoms with E-state index < -0.39 is 5.60 Å². The van der Waals surface area contributed by atoms with Crippen molar-refractivity contribution < 1.29 is 23.7 Å². The number of esters is 1. The third-order valence-corrected chi connectivity index (χ3v) is 5.05. The highest BCUT2D eigenvalue weighted by molar-refractivity contribution is 5.72. The lowest BCUT2D eigenvalue weighted by molar-refractivity contribution is -0.155. The zero-order valence-corrected chi connectivity index (χ0v) is 20.7. The second-order valence-electron chi connectivity index (χ2n) is 9.03. The number of anilines is 1. The first-order chi connectivity index (χ1) is 16.8. The minimum Gasteiger partial charge on any atom is -0.490 e. The van der Waals surface area contributed by atoms with Crippen molar-refractivity contribution in [2.75, 3.05) is 25.6 Å². The number of para-hydroxylation sites is 1. The zero-order chi connectivity index (χ0) is 25.3. The summed E-state index contributed by atoms with van der Waals surface area (Å²) in [7, 11) is 1.56. The van der Waals surface area contributed by atoms with E-state index in [1.165, 1.54) is 0 Å². The number of benzene rings is 2. The number of methoxy groups -OCH3 is 1. The van der Waals surface area contributed by atoms with Crippen LogP contribution in [0.25, 0.3) is 6.08 Å². The van der Waals surface area contributed by atoms with Gasteiger partial charge >= 0.3 is 5.97 Å². The minimum atomic E-state index is -0.513. The Labute approximate surface area is 207 Å². The number of nitriles is 1. The van der Waals surface area contributed by atoms with Crippen molar-refractivity contribution in [1.82, 2.24) is 0 Å². The second kappa shape index (κ2) is 12.0. The molecule has 0 atom stereocenters. The molecule has 0 aliphatic carbocycles. The summed E-state index contributed by atoms with van der Waals surface area (Å²) < 4.78 is 22.9. The normalized spacial score (nSPS) is 12.7. The van der Waals surface area contributed by atoms with Crippen molar-refractivity contribution in [1.29, 1.82) is 5.26 Å². The number of hydrogen-bond acceptors (Lipinski definition) is 7. The molecule has 0 aromatic heterocycles. The molecule has 0 fully saturated rings. The predicted octanol–water partition coefficient (Wildman–Crippen LogP) is 5.66. The molecular formula is C28H32N2O5. The molecule has 184 valence electrons. The van der Waals surface area contributed by atoms with Crippen LogP contribution in [0.1, 0.15) is 44.7 Å². The van der Waals surface area contributed by atoms with E-state index in [1.807, 2.05) is 69.3 Å². The van der Waals surface area contributed by atoms with Gasteiger partial charge in [0.15, 0.2) is 11.5 Å². The summed E-state index contributed by atoms with van der Waals surface area (Å²) in [5.74, 6) is 1.33. The van der Waals surface area contributed by atoms with Crippen molar-refractivity contribution in [2.45, 2.75) is 45.6 Å². The van der Waals surface area contributed by atoms with E-state index in [2.05, 4.69) is 11.4 Å². The molecule has 7 heteroatoms. The summed E-state index contributed by atoms with van der Waals surface area (Å²) >= 11 is 0. The highest BCUT2D eigenvalue weighted by Crippen LogP contribution is 2.44. The van der Waals surface area contributed by atoms with Gasteiger partial charge in [-0.25, -0.2) is 0 Å². The van der Waals surface area contributed by atoms with Gasteiger partial charge in [0.05, 0.1) is 19.8 Å². The Kier molecular flexibility index (Phi) is 8.80. The maximum Gasteiger partial charge on any atom is 0.306 e. The van der Waals surface area contributed by atoms with Gasteiger partial charge in [-0.1, -0.05) is 24.3 Å². The Morgan fingerprint density at radius 3 is 2.71 bits per heavy atom. The number of allylic oxidation sites excluding steroid dienone is 1. The lowest BCUT2D eigenvalue weighted by atomic mass is 9.97. The van der Waals surface area contributed by atoms with Crippen LogP contribution in [0.3, 0.4) is 0 Å². The highest BCUT2D eigenvalue weighted by atomic mass is 16.6. The number of hydrogen-bond donors (Lipinski definition) is 1. The van der Waals surface area contributed by atoms with Crippen molar-refractivity contribution in [3.63, 3.8) is 0 Å². The number of ether oxygens (including phenoxy) is 4. The summed E-state index contributed by atoms with van der Waals surface area (Å²) in [6.07, 6.45) is 6.73. The molecule has 2 aromatic carbocycles. The maximum absolute atomic E-state index is 12.0. The molecule has 1 aliphatic rings. The quantitative estimate of drug-likeness (QED) is 0.269. The summed E-state index contributed by atoms with van der Waals surface area (Å²) in [6, 6.07) is 13.8. The zero-order valence-electron chi connectivity index (χ0n) is 20.7. The van der Waals surface area contributed by atoms with Gasteiger partial charge in [-0.3, -0.25) is 4.79 Å². The summed E-state index contributed by atoms with van der Waals surface area (Å²) in [5, 5.41) is 12.9. The first-order valence-electron chi connectivity index (χ1n) is 11.6. The molecule has 0 amide bonds. The van der Waals surface area contributed by atoms with E-state index in [1.54, 1.807) is 13.3 Å². The first kappa shape index (κ1) is 25.7. The summed E-state index contributed by atoms with van der Waals surface area (Å²) in [4.78, 5) is 12.0. The van der Waals surface area contributed by atoms with Gasteiger partial charge in [-0.05, 0) is 57.0 Å². The molecule has 35 heavy (non-hydrogen) atoms. The van der Waals surface area contributed by atoms with Crippen molar-refractivity contribution in [3.05, 3.63) is 65.4 Å². The molecule has 7 nitrogen and oxygen atoms in total. The Hall–Kier alpha value is -3.92. The van der Waals surface area contributed by atoms with Crippen LogP contribution in [0.15, 0.2) is 54.2 Å². The van der Waals surface area contributed by atoms with E-state index >= 15 is 0 Å². The van der Waals surface area contributed by atoms with Crippen molar-refractivity contribution >= 4 is 17.7 Å². The molecule has 3 rings (SSSR count). The fraction of sp³-hybridized carbons (Fsp3) is 0.357. The Morgan fingerprint density at radius 2 is 2.03 bits per heavy atom. The third-order valence-electron chi connectivity index (χ3n) is 5.05. The van der Waals surface area contributed by atoms with E-state index in [0.29, 0.717) is 48.9 Å². The molecule has 1 N–H and O–H groups in total. The summed E-state index contributed by atoms with van der Waals surface area (Å²) in [6.45, 7) is 6.25. The monoisotopic (exact) mass is 476 g/mol. The van der Waals surface area contributed by atoms with Gasteiger partial charge in [-0.2, -0.15) is 5.26 Å². The van der Waals surface area contributed by atoms with Gasteiger partial charge in [0.25, 0.3) is 0 Å². The van der Waals surface area contributed by atoms with Gasteiger partial charge in [0.1, 0.15) is 12.2 Å². The van der Waals surface area contributed by atoms with Crippen LogP contribution in [0.4, 0.5) is 5.69 Å². The van der Waals surface area contributed by atoms with Crippen LogP contribution in [-0.2, 0) is 16.0 Å². The third kappa shape index (κ3) is 7.54. The smallest absolute Gasteiger partial charge is 0.306 e. The lowest BCUT2D eigenvalue weighted by Gasteiger charge is -2.22. The SMILES string of the molecule is COc1c(OCCCC(=O)OC(C)(C)C)cc(CC(C#N)=CNc2ccccc2)c2c1OCC=C2. The van der Waals surface area contributed by atoms with E-state index in [9.17, 15) is 10.1 Å². The van der Waals surface area contributed by atoms with E-state index in [4.69, 9.17) is 18.9 Å². The van der Waals surface area contributed by atoms with Crippen LogP contribution >= 0.6 is 0 Å².